The average Bonchev–Trinajstić information content (AvgIpc) is 2.69. The van der Waals surface area contributed by atoms with Crippen molar-refractivity contribution in [3.05, 3.63) is 11.6 Å². The summed E-state index contributed by atoms with van der Waals surface area (Å²) in [5.74, 6) is -0.189. The maximum atomic E-state index is 11.0. The molecule has 0 bridgehead atoms. The zero-order valence-electron chi connectivity index (χ0n) is 9.01. The predicted octanol–water partition coefficient (Wildman–Crippen LogP) is 1.64. The predicted molar refractivity (Wildman–Crippen MR) is 56.0 cm³/mol. The van der Waals surface area contributed by atoms with Gasteiger partial charge in [0.05, 0.1) is 7.11 Å². The molecular formula is C11H19NO2. The highest BCUT2D eigenvalue weighted by Gasteiger charge is 2.12. The second-order valence-corrected chi connectivity index (χ2v) is 3.70. The van der Waals surface area contributed by atoms with Crippen molar-refractivity contribution in [2.45, 2.75) is 38.6 Å². The minimum atomic E-state index is -0.193. The third-order valence-corrected chi connectivity index (χ3v) is 2.59. The SMILES string of the molecule is COC(=O)C(C)NCCC1=CCCC1. The molecule has 0 saturated heterocycles. The van der Waals surface area contributed by atoms with Crippen molar-refractivity contribution in [2.24, 2.45) is 0 Å². The Hall–Kier alpha value is -0.830. The van der Waals surface area contributed by atoms with E-state index in [1.54, 1.807) is 0 Å². The summed E-state index contributed by atoms with van der Waals surface area (Å²) in [5, 5.41) is 3.14. The van der Waals surface area contributed by atoms with Crippen LogP contribution in [0, 0.1) is 0 Å². The first-order valence-electron chi connectivity index (χ1n) is 5.23. The van der Waals surface area contributed by atoms with Crippen LogP contribution < -0.4 is 5.32 Å². The van der Waals surface area contributed by atoms with Gasteiger partial charge in [-0.2, -0.15) is 0 Å². The number of esters is 1. The number of hydrogen-bond acceptors (Lipinski definition) is 3. The average molecular weight is 197 g/mol. The standard InChI is InChI=1S/C11H19NO2/c1-9(11(13)14-2)12-8-7-10-5-3-4-6-10/h5,9,12H,3-4,6-8H2,1-2H3. The Kier molecular flexibility index (Phi) is 4.66. The van der Waals surface area contributed by atoms with Crippen molar-refractivity contribution < 1.29 is 9.53 Å². The molecule has 0 aromatic heterocycles. The first-order chi connectivity index (χ1) is 6.74. The van der Waals surface area contributed by atoms with E-state index in [1.807, 2.05) is 6.92 Å². The number of carbonyl (C=O) groups excluding carboxylic acids is 1. The Labute approximate surface area is 85.5 Å². The fourth-order valence-electron chi connectivity index (χ4n) is 1.67. The number of hydrogen-bond donors (Lipinski definition) is 1. The van der Waals surface area contributed by atoms with Gasteiger partial charge in [0.25, 0.3) is 0 Å². The van der Waals surface area contributed by atoms with Gasteiger partial charge in [0, 0.05) is 0 Å². The van der Waals surface area contributed by atoms with Gasteiger partial charge in [-0.15, -0.1) is 0 Å². The molecule has 1 N–H and O–H groups in total. The monoisotopic (exact) mass is 197 g/mol. The van der Waals surface area contributed by atoms with E-state index in [-0.39, 0.29) is 12.0 Å². The minimum absolute atomic E-state index is 0.189. The molecule has 0 radical (unpaired) electrons. The number of rotatable bonds is 5. The van der Waals surface area contributed by atoms with E-state index in [2.05, 4.69) is 16.1 Å². The van der Waals surface area contributed by atoms with Gasteiger partial charge < -0.3 is 10.1 Å². The molecule has 0 aliphatic heterocycles. The van der Waals surface area contributed by atoms with Gasteiger partial charge in [-0.1, -0.05) is 11.6 Å². The summed E-state index contributed by atoms with van der Waals surface area (Å²) in [6, 6.07) is -0.193. The maximum Gasteiger partial charge on any atom is 0.322 e. The number of methoxy groups -OCH3 is 1. The minimum Gasteiger partial charge on any atom is -0.468 e. The van der Waals surface area contributed by atoms with Crippen molar-refractivity contribution in [1.29, 1.82) is 0 Å². The molecule has 0 fully saturated rings. The fourth-order valence-corrected chi connectivity index (χ4v) is 1.67. The zero-order chi connectivity index (χ0) is 10.4. The molecule has 0 heterocycles. The van der Waals surface area contributed by atoms with E-state index in [9.17, 15) is 4.79 Å². The van der Waals surface area contributed by atoms with Crippen LogP contribution in [0.4, 0.5) is 0 Å². The summed E-state index contributed by atoms with van der Waals surface area (Å²) in [5.41, 5.74) is 1.52. The Morgan fingerprint density at radius 1 is 1.71 bits per heavy atom. The molecular weight excluding hydrogens is 178 g/mol. The first kappa shape index (κ1) is 11.2. The first-order valence-corrected chi connectivity index (χ1v) is 5.23. The molecule has 0 aromatic carbocycles. The molecule has 0 aromatic rings. The van der Waals surface area contributed by atoms with Crippen molar-refractivity contribution in [3.63, 3.8) is 0 Å². The number of allylic oxidation sites excluding steroid dienone is 1. The largest absolute Gasteiger partial charge is 0.468 e. The molecule has 14 heavy (non-hydrogen) atoms. The van der Waals surface area contributed by atoms with Crippen molar-refractivity contribution in [3.8, 4) is 0 Å². The van der Waals surface area contributed by atoms with Gasteiger partial charge in [-0.05, 0) is 39.2 Å². The highest BCUT2D eigenvalue weighted by atomic mass is 16.5. The quantitative estimate of drug-likeness (QED) is 0.538. The van der Waals surface area contributed by atoms with E-state index in [0.717, 1.165) is 13.0 Å². The van der Waals surface area contributed by atoms with Crippen LogP contribution >= 0.6 is 0 Å². The molecule has 0 saturated carbocycles. The third-order valence-electron chi connectivity index (χ3n) is 2.59. The van der Waals surface area contributed by atoms with E-state index in [4.69, 9.17) is 0 Å². The summed E-state index contributed by atoms with van der Waals surface area (Å²) in [6.07, 6.45) is 7.11. The summed E-state index contributed by atoms with van der Waals surface area (Å²) in [7, 11) is 1.42. The molecule has 1 aliphatic rings. The van der Waals surface area contributed by atoms with Crippen molar-refractivity contribution in [2.75, 3.05) is 13.7 Å². The van der Waals surface area contributed by atoms with Crippen LogP contribution in [-0.4, -0.2) is 25.7 Å². The lowest BCUT2D eigenvalue weighted by Crippen LogP contribution is -2.35. The Morgan fingerprint density at radius 3 is 3.07 bits per heavy atom. The van der Waals surface area contributed by atoms with Crippen LogP contribution in [0.5, 0.6) is 0 Å². The number of ether oxygens (including phenoxy) is 1. The van der Waals surface area contributed by atoms with E-state index >= 15 is 0 Å². The lowest BCUT2D eigenvalue weighted by molar-refractivity contribution is -0.142. The number of nitrogens with one attached hydrogen (secondary N) is 1. The topological polar surface area (TPSA) is 38.3 Å². The van der Waals surface area contributed by atoms with Crippen LogP contribution in [0.3, 0.4) is 0 Å². The maximum absolute atomic E-state index is 11.0. The smallest absolute Gasteiger partial charge is 0.322 e. The fraction of sp³-hybridized carbons (Fsp3) is 0.727. The van der Waals surface area contributed by atoms with E-state index < -0.39 is 0 Å². The van der Waals surface area contributed by atoms with E-state index in [0.29, 0.717) is 0 Å². The summed E-state index contributed by atoms with van der Waals surface area (Å²) >= 11 is 0. The van der Waals surface area contributed by atoms with Gasteiger partial charge in [0.2, 0.25) is 0 Å². The van der Waals surface area contributed by atoms with Crippen LogP contribution in [0.15, 0.2) is 11.6 Å². The van der Waals surface area contributed by atoms with Gasteiger partial charge in [-0.3, -0.25) is 4.79 Å². The van der Waals surface area contributed by atoms with Crippen LogP contribution in [0.1, 0.15) is 32.6 Å². The van der Waals surface area contributed by atoms with Gasteiger partial charge >= 0.3 is 5.97 Å². The van der Waals surface area contributed by atoms with Crippen LogP contribution in [0.2, 0.25) is 0 Å². The highest BCUT2D eigenvalue weighted by molar-refractivity contribution is 5.75. The molecule has 0 spiro atoms. The van der Waals surface area contributed by atoms with E-state index in [1.165, 1.54) is 31.9 Å². The third kappa shape index (κ3) is 3.50. The molecule has 1 atom stereocenters. The lowest BCUT2D eigenvalue weighted by Gasteiger charge is -2.11. The van der Waals surface area contributed by atoms with Crippen LogP contribution in [0.25, 0.3) is 0 Å². The molecule has 1 aliphatic carbocycles. The number of carbonyl (C=O) groups is 1. The summed E-state index contributed by atoms with van der Waals surface area (Å²) in [6.45, 7) is 2.69. The molecule has 3 heteroatoms. The molecule has 1 rings (SSSR count). The Morgan fingerprint density at radius 2 is 2.50 bits per heavy atom. The van der Waals surface area contributed by atoms with Gasteiger partial charge in [0.15, 0.2) is 0 Å². The Balaban J connectivity index is 2.11. The van der Waals surface area contributed by atoms with Crippen molar-refractivity contribution >= 4 is 5.97 Å². The zero-order valence-corrected chi connectivity index (χ0v) is 9.01. The molecule has 80 valence electrons. The molecule has 1 unspecified atom stereocenters. The van der Waals surface area contributed by atoms with Gasteiger partial charge in [-0.25, -0.2) is 0 Å². The molecule has 0 amide bonds. The summed E-state index contributed by atoms with van der Waals surface area (Å²) in [4.78, 5) is 11.0. The van der Waals surface area contributed by atoms with Gasteiger partial charge in [0.1, 0.15) is 6.04 Å². The van der Waals surface area contributed by atoms with Crippen LogP contribution in [-0.2, 0) is 9.53 Å². The Bertz CT molecular complexity index is 223. The molecule has 3 nitrogen and oxygen atoms in total. The normalized spacial score (nSPS) is 17.7. The second-order valence-electron chi connectivity index (χ2n) is 3.70. The van der Waals surface area contributed by atoms with Crippen molar-refractivity contribution in [1.82, 2.24) is 5.32 Å². The summed E-state index contributed by atoms with van der Waals surface area (Å²) < 4.78 is 4.62. The lowest BCUT2D eigenvalue weighted by atomic mass is 10.1. The highest BCUT2D eigenvalue weighted by Crippen LogP contribution is 2.19. The second kappa shape index (κ2) is 5.81.